The Bertz CT molecular complexity index is 645. The Kier molecular flexibility index (Phi) is 2.90. The number of hydrogen-bond acceptors (Lipinski definition) is 3. The van der Waals surface area contributed by atoms with E-state index in [-0.39, 0.29) is 11.8 Å². The summed E-state index contributed by atoms with van der Waals surface area (Å²) in [5, 5.41) is 10.2. The molecule has 0 saturated heterocycles. The average molecular weight is 273 g/mol. The molecule has 98 valence electrons. The Morgan fingerprint density at radius 3 is 2.74 bits per heavy atom. The molecule has 19 heavy (non-hydrogen) atoms. The molecule has 0 spiro atoms. The highest BCUT2D eigenvalue weighted by molar-refractivity contribution is 7.13. The summed E-state index contributed by atoms with van der Waals surface area (Å²) >= 11 is 1.33. The van der Waals surface area contributed by atoms with Gasteiger partial charge in [-0.1, -0.05) is 38.1 Å². The van der Waals surface area contributed by atoms with Crippen molar-refractivity contribution >= 4 is 17.3 Å². The molecule has 0 amide bonds. The molecule has 3 nitrogen and oxygen atoms in total. The smallest absolute Gasteiger partial charge is 0.347 e. The lowest BCUT2D eigenvalue weighted by Gasteiger charge is -2.28. The van der Waals surface area contributed by atoms with Crippen LogP contribution in [0.1, 0.15) is 57.2 Å². The van der Waals surface area contributed by atoms with Crippen LogP contribution in [0.4, 0.5) is 0 Å². The molecule has 0 saturated carbocycles. The Morgan fingerprint density at radius 2 is 2.16 bits per heavy atom. The van der Waals surface area contributed by atoms with Gasteiger partial charge < -0.3 is 5.11 Å². The fourth-order valence-corrected chi connectivity index (χ4v) is 3.70. The number of fused-ring (bicyclic) bond motifs is 1. The average Bonchev–Trinajstić information content (AvgIpc) is 2.75. The molecule has 0 bridgehead atoms. The van der Waals surface area contributed by atoms with Crippen molar-refractivity contribution in [1.29, 1.82) is 0 Å². The minimum absolute atomic E-state index is 0.145. The Balaban J connectivity index is 2.00. The van der Waals surface area contributed by atoms with Gasteiger partial charge in [0.25, 0.3) is 0 Å². The lowest BCUT2D eigenvalue weighted by molar-refractivity contribution is 0.0700. The normalized spacial score (nSPS) is 17.1. The molecule has 3 rings (SSSR count). The summed E-state index contributed by atoms with van der Waals surface area (Å²) < 4.78 is 0. The molecular weight excluding hydrogens is 258 g/mol. The van der Waals surface area contributed by atoms with Crippen LogP contribution in [-0.4, -0.2) is 16.1 Å². The number of aromatic carboxylic acids is 1. The minimum atomic E-state index is -0.861. The topological polar surface area (TPSA) is 50.2 Å². The van der Waals surface area contributed by atoms with Crippen molar-refractivity contribution in [1.82, 2.24) is 4.98 Å². The molecule has 1 unspecified atom stereocenters. The predicted molar refractivity (Wildman–Crippen MR) is 75.2 cm³/mol. The van der Waals surface area contributed by atoms with Crippen LogP contribution in [-0.2, 0) is 6.42 Å². The first-order valence-electron chi connectivity index (χ1n) is 6.39. The zero-order valence-electron chi connectivity index (χ0n) is 10.9. The van der Waals surface area contributed by atoms with Gasteiger partial charge in [0, 0.05) is 5.92 Å². The number of thiazole rings is 1. The van der Waals surface area contributed by atoms with Crippen LogP contribution < -0.4 is 0 Å². The Labute approximate surface area is 115 Å². The third-order valence-corrected chi connectivity index (χ3v) is 4.74. The first kappa shape index (κ1) is 12.4. The number of rotatable bonds is 3. The monoisotopic (exact) mass is 273 g/mol. The van der Waals surface area contributed by atoms with E-state index in [4.69, 9.17) is 0 Å². The fourth-order valence-electron chi connectivity index (χ4n) is 2.52. The van der Waals surface area contributed by atoms with Crippen molar-refractivity contribution in [3.8, 4) is 0 Å². The summed E-state index contributed by atoms with van der Waals surface area (Å²) in [4.78, 5) is 16.3. The van der Waals surface area contributed by atoms with Crippen LogP contribution in [0.15, 0.2) is 24.3 Å². The highest BCUT2D eigenvalue weighted by Crippen LogP contribution is 2.42. The van der Waals surface area contributed by atoms with E-state index in [9.17, 15) is 9.90 Å². The Morgan fingerprint density at radius 1 is 1.42 bits per heavy atom. The largest absolute Gasteiger partial charge is 0.477 e. The highest BCUT2D eigenvalue weighted by atomic mass is 32.1. The van der Waals surface area contributed by atoms with Gasteiger partial charge >= 0.3 is 5.97 Å². The number of carboxylic acids is 1. The first-order chi connectivity index (χ1) is 9.08. The van der Waals surface area contributed by atoms with E-state index in [1.807, 2.05) is 26.0 Å². The lowest BCUT2D eigenvalue weighted by atomic mass is 9.78. The van der Waals surface area contributed by atoms with Gasteiger partial charge in [-0.25, -0.2) is 9.78 Å². The quantitative estimate of drug-likeness (QED) is 0.928. The summed E-state index contributed by atoms with van der Waals surface area (Å²) in [5.41, 5.74) is 3.37. The van der Waals surface area contributed by atoms with Gasteiger partial charge in [0.1, 0.15) is 9.88 Å². The zero-order chi connectivity index (χ0) is 13.6. The van der Waals surface area contributed by atoms with E-state index in [0.717, 1.165) is 17.1 Å². The van der Waals surface area contributed by atoms with Crippen LogP contribution in [0, 0.1) is 0 Å². The first-order valence-corrected chi connectivity index (χ1v) is 7.21. The molecule has 1 atom stereocenters. The second-order valence-electron chi connectivity index (χ2n) is 5.18. The van der Waals surface area contributed by atoms with Crippen LogP contribution in [0.3, 0.4) is 0 Å². The van der Waals surface area contributed by atoms with Gasteiger partial charge in [-0.2, -0.15) is 0 Å². The van der Waals surface area contributed by atoms with E-state index in [2.05, 4.69) is 17.1 Å². The van der Waals surface area contributed by atoms with E-state index in [1.54, 1.807) is 0 Å². The van der Waals surface area contributed by atoms with Crippen molar-refractivity contribution in [2.75, 3.05) is 0 Å². The number of carbonyl (C=O) groups is 1. The second-order valence-corrected chi connectivity index (χ2v) is 6.21. The lowest BCUT2D eigenvalue weighted by Crippen LogP contribution is -2.17. The van der Waals surface area contributed by atoms with Gasteiger partial charge in [-0.15, -0.1) is 11.3 Å². The molecular formula is C15H15NO2S. The number of aromatic nitrogens is 1. The molecule has 0 radical (unpaired) electrons. The third kappa shape index (κ3) is 1.96. The molecule has 1 aliphatic rings. The minimum Gasteiger partial charge on any atom is -0.477 e. The van der Waals surface area contributed by atoms with Gasteiger partial charge in [0.05, 0.1) is 5.69 Å². The van der Waals surface area contributed by atoms with Crippen molar-refractivity contribution in [2.45, 2.75) is 32.1 Å². The van der Waals surface area contributed by atoms with Gasteiger partial charge in [0.15, 0.2) is 0 Å². The number of carboxylic acid groups (broad SMARTS) is 1. The summed E-state index contributed by atoms with van der Waals surface area (Å²) in [6.07, 6.45) is 0.973. The van der Waals surface area contributed by atoms with Crippen molar-refractivity contribution in [2.24, 2.45) is 0 Å². The van der Waals surface area contributed by atoms with E-state index < -0.39 is 5.97 Å². The Hall–Kier alpha value is -1.68. The van der Waals surface area contributed by atoms with Gasteiger partial charge in [-0.05, 0) is 23.5 Å². The van der Waals surface area contributed by atoms with Crippen molar-refractivity contribution in [3.05, 3.63) is 51.0 Å². The van der Waals surface area contributed by atoms with Crippen LogP contribution in [0.5, 0.6) is 0 Å². The SMILES string of the molecule is CC(C)c1nc(C2Cc3ccccc32)sc1C(=O)O. The number of hydrogen-bond donors (Lipinski definition) is 1. The standard InChI is InChI=1S/C15H15NO2S/c1-8(2)12-13(15(17)18)19-14(16-12)11-7-9-5-3-4-6-10(9)11/h3-6,8,11H,7H2,1-2H3,(H,17,18). The summed E-state index contributed by atoms with van der Waals surface area (Å²) in [7, 11) is 0. The van der Waals surface area contributed by atoms with E-state index in [0.29, 0.717) is 4.88 Å². The molecule has 1 aromatic heterocycles. The fraction of sp³-hybridized carbons (Fsp3) is 0.333. The zero-order valence-corrected chi connectivity index (χ0v) is 11.7. The molecule has 1 aliphatic carbocycles. The number of nitrogens with zero attached hydrogens (tertiary/aromatic N) is 1. The summed E-state index contributed by atoms with van der Waals surface area (Å²) in [6, 6.07) is 8.31. The summed E-state index contributed by atoms with van der Waals surface area (Å²) in [6.45, 7) is 3.97. The van der Waals surface area contributed by atoms with E-state index in [1.165, 1.54) is 22.5 Å². The molecule has 4 heteroatoms. The van der Waals surface area contributed by atoms with Gasteiger partial charge in [-0.3, -0.25) is 0 Å². The van der Waals surface area contributed by atoms with Crippen LogP contribution in [0.25, 0.3) is 0 Å². The maximum atomic E-state index is 11.3. The van der Waals surface area contributed by atoms with Gasteiger partial charge in [0.2, 0.25) is 0 Å². The second kappa shape index (κ2) is 4.46. The van der Waals surface area contributed by atoms with Crippen molar-refractivity contribution < 1.29 is 9.90 Å². The van der Waals surface area contributed by atoms with Crippen molar-refractivity contribution in [3.63, 3.8) is 0 Å². The molecule has 1 aromatic carbocycles. The molecule has 0 fully saturated rings. The highest BCUT2D eigenvalue weighted by Gasteiger charge is 2.31. The molecule has 1 N–H and O–H groups in total. The third-order valence-electron chi connectivity index (χ3n) is 3.56. The number of benzene rings is 1. The van der Waals surface area contributed by atoms with Crippen LogP contribution in [0.2, 0.25) is 0 Å². The maximum absolute atomic E-state index is 11.3. The predicted octanol–water partition coefficient (Wildman–Crippen LogP) is 3.65. The summed E-state index contributed by atoms with van der Waals surface area (Å²) in [5.74, 6) is -0.432. The molecule has 0 aliphatic heterocycles. The molecule has 1 heterocycles. The molecule has 2 aromatic rings. The van der Waals surface area contributed by atoms with Crippen LogP contribution >= 0.6 is 11.3 Å². The van der Waals surface area contributed by atoms with E-state index >= 15 is 0 Å². The maximum Gasteiger partial charge on any atom is 0.347 e.